The molecule has 0 aliphatic heterocycles. The van der Waals surface area contributed by atoms with Crippen molar-refractivity contribution in [3.8, 4) is 11.8 Å². The fraction of sp³-hybridized carbons (Fsp3) is 0.700. The summed E-state index contributed by atoms with van der Waals surface area (Å²) in [6.45, 7) is 5.70. The van der Waals surface area contributed by atoms with E-state index in [0.717, 1.165) is 12.8 Å². The molecule has 0 aromatic rings. The third-order valence-corrected chi connectivity index (χ3v) is 1.55. The summed E-state index contributed by atoms with van der Waals surface area (Å²) in [5, 5.41) is 0. The Hall–Kier alpha value is -0.770. The van der Waals surface area contributed by atoms with Crippen molar-refractivity contribution in [1.29, 1.82) is 0 Å². The van der Waals surface area contributed by atoms with Crippen molar-refractivity contribution in [3.63, 3.8) is 0 Å². The highest BCUT2D eigenvalue weighted by molar-refractivity contribution is 5.80. The minimum Gasteiger partial charge on any atom is -0.299 e. The van der Waals surface area contributed by atoms with Crippen molar-refractivity contribution in [2.45, 2.75) is 40.0 Å². The summed E-state index contributed by atoms with van der Waals surface area (Å²) < 4.78 is 0. The van der Waals surface area contributed by atoms with Gasteiger partial charge in [0.15, 0.2) is 0 Å². The van der Waals surface area contributed by atoms with Gasteiger partial charge in [0.1, 0.15) is 5.78 Å². The average Bonchev–Trinajstić information content (AvgIpc) is 1.97. The quantitative estimate of drug-likeness (QED) is 0.446. The van der Waals surface area contributed by atoms with Gasteiger partial charge in [-0.2, -0.15) is 0 Å². The Morgan fingerprint density at radius 1 is 1.45 bits per heavy atom. The van der Waals surface area contributed by atoms with Crippen LogP contribution in [-0.4, -0.2) is 5.78 Å². The zero-order valence-electron chi connectivity index (χ0n) is 7.61. The maximum atomic E-state index is 11.1. The lowest BCUT2D eigenvalue weighted by Crippen LogP contribution is -2.05. The molecule has 0 aliphatic rings. The van der Waals surface area contributed by atoms with E-state index in [0.29, 0.717) is 12.2 Å². The minimum atomic E-state index is 0.185. The van der Waals surface area contributed by atoms with E-state index < -0.39 is 0 Å². The van der Waals surface area contributed by atoms with Gasteiger partial charge in [0.25, 0.3) is 0 Å². The Labute approximate surface area is 69.2 Å². The molecule has 0 aliphatic carbocycles. The van der Waals surface area contributed by atoms with E-state index in [1.54, 1.807) is 0 Å². The molecule has 1 nitrogen and oxygen atoms in total. The van der Waals surface area contributed by atoms with Crippen molar-refractivity contribution in [1.82, 2.24) is 0 Å². The summed E-state index contributed by atoms with van der Waals surface area (Å²) in [4.78, 5) is 11.1. The first-order valence-electron chi connectivity index (χ1n) is 4.10. The summed E-state index contributed by atoms with van der Waals surface area (Å²) in [7, 11) is 0. The molecule has 0 amide bonds. The largest absolute Gasteiger partial charge is 0.299 e. The Morgan fingerprint density at radius 2 is 2.09 bits per heavy atom. The normalized spacial score (nSPS) is 9.09. The first-order chi connectivity index (χ1) is 5.18. The summed E-state index contributed by atoms with van der Waals surface area (Å²) >= 11 is 0. The van der Waals surface area contributed by atoms with Gasteiger partial charge >= 0.3 is 0 Å². The lowest BCUT2D eigenvalue weighted by atomic mass is 10.0. The summed E-state index contributed by atoms with van der Waals surface area (Å²) in [6.07, 6.45) is 2.46. The van der Waals surface area contributed by atoms with E-state index in [1.807, 2.05) is 20.8 Å². The molecule has 0 saturated carbocycles. The van der Waals surface area contributed by atoms with Gasteiger partial charge in [-0.25, -0.2) is 0 Å². The van der Waals surface area contributed by atoms with Crippen LogP contribution >= 0.6 is 0 Å². The van der Waals surface area contributed by atoms with Crippen LogP contribution < -0.4 is 0 Å². The van der Waals surface area contributed by atoms with Gasteiger partial charge in [-0.1, -0.05) is 13.8 Å². The average molecular weight is 152 g/mol. The number of carbonyl (C=O) groups excluding carboxylic acids is 1. The predicted octanol–water partition coefficient (Wildman–Crippen LogP) is 2.41. The van der Waals surface area contributed by atoms with E-state index in [-0.39, 0.29) is 5.92 Å². The van der Waals surface area contributed by atoms with Crippen molar-refractivity contribution < 1.29 is 4.79 Å². The number of unbranched alkanes of at least 4 members (excludes halogenated alkanes) is 1. The van der Waals surface area contributed by atoms with Crippen LogP contribution in [0.1, 0.15) is 40.0 Å². The topological polar surface area (TPSA) is 17.1 Å². The fourth-order valence-electron chi connectivity index (χ4n) is 0.765. The van der Waals surface area contributed by atoms with Crippen molar-refractivity contribution >= 4 is 5.78 Å². The number of carbonyl (C=O) groups is 1. The smallest absolute Gasteiger partial charge is 0.135 e. The van der Waals surface area contributed by atoms with Crippen LogP contribution in [0, 0.1) is 17.8 Å². The molecule has 11 heavy (non-hydrogen) atoms. The standard InChI is InChI=1S/C10H16O/c1-4-5-6-7-8-10(11)9(2)3/h9H,6-8H2,1-3H3. The number of hydrogen-bond acceptors (Lipinski definition) is 1. The first-order valence-corrected chi connectivity index (χ1v) is 4.10. The molecule has 0 rings (SSSR count). The lowest BCUT2D eigenvalue weighted by molar-refractivity contribution is -0.121. The molecule has 62 valence electrons. The fourth-order valence-corrected chi connectivity index (χ4v) is 0.765. The summed E-state index contributed by atoms with van der Waals surface area (Å²) in [6, 6.07) is 0. The predicted molar refractivity (Wildman–Crippen MR) is 47.1 cm³/mol. The van der Waals surface area contributed by atoms with Crippen molar-refractivity contribution in [2.75, 3.05) is 0 Å². The van der Waals surface area contributed by atoms with E-state index in [1.165, 1.54) is 0 Å². The molecule has 0 atom stereocenters. The molecule has 1 heteroatoms. The maximum Gasteiger partial charge on any atom is 0.135 e. The van der Waals surface area contributed by atoms with Crippen LogP contribution in [0.2, 0.25) is 0 Å². The zero-order chi connectivity index (χ0) is 8.69. The number of ketones is 1. The summed E-state index contributed by atoms with van der Waals surface area (Å²) in [5.74, 6) is 6.28. The minimum absolute atomic E-state index is 0.185. The Morgan fingerprint density at radius 3 is 2.55 bits per heavy atom. The molecule has 0 bridgehead atoms. The van der Waals surface area contributed by atoms with Crippen LogP contribution in [0.15, 0.2) is 0 Å². The Kier molecular flexibility index (Phi) is 5.56. The van der Waals surface area contributed by atoms with Crippen LogP contribution in [0.25, 0.3) is 0 Å². The number of hydrogen-bond donors (Lipinski definition) is 0. The van der Waals surface area contributed by atoms with Crippen LogP contribution in [0.5, 0.6) is 0 Å². The van der Waals surface area contributed by atoms with E-state index in [2.05, 4.69) is 11.8 Å². The molecule has 0 spiro atoms. The van der Waals surface area contributed by atoms with Gasteiger partial charge in [0.05, 0.1) is 0 Å². The van der Waals surface area contributed by atoms with Gasteiger partial charge in [0, 0.05) is 18.8 Å². The van der Waals surface area contributed by atoms with Gasteiger partial charge in [-0.3, -0.25) is 4.79 Å². The van der Waals surface area contributed by atoms with Crippen molar-refractivity contribution in [2.24, 2.45) is 5.92 Å². The second-order valence-electron chi connectivity index (χ2n) is 2.90. The third-order valence-electron chi connectivity index (χ3n) is 1.55. The zero-order valence-corrected chi connectivity index (χ0v) is 7.61. The Bertz CT molecular complexity index is 169. The van der Waals surface area contributed by atoms with Gasteiger partial charge in [-0.15, -0.1) is 11.8 Å². The monoisotopic (exact) mass is 152 g/mol. The molecule has 0 unspecified atom stereocenters. The molecule has 0 fully saturated rings. The van der Waals surface area contributed by atoms with Gasteiger partial charge in [0.2, 0.25) is 0 Å². The third kappa shape index (κ3) is 5.66. The molecule has 0 N–H and O–H groups in total. The van der Waals surface area contributed by atoms with Crippen LogP contribution in [0.3, 0.4) is 0 Å². The molecule has 0 saturated heterocycles. The lowest BCUT2D eigenvalue weighted by Gasteiger charge is -2.00. The second kappa shape index (κ2) is 5.97. The van der Waals surface area contributed by atoms with Crippen LogP contribution in [-0.2, 0) is 4.79 Å². The summed E-state index contributed by atoms with van der Waals surface area (Å²) in [5.41, 5.74) is 0. The molecular formula is C10H16O. The molecule has 0 aromatic heterocycles. The van der Waals surface area contributed by atoms with Crippen LogP contribution in [0.4, 0.5) is 0 Å². The highest BCUT2D eigenvalue weighted by Gasteiger charge is 2.04. The van der Waals surface area contributed by atoms with Crippen molar-refractivity contribution in [3.05, 3.63) is 0 Å². The molecular weight excluding hydrogens is 136 g/mol. The maximum absolute atomic E-state index is 11.1. The van der Waals surface area contributed by atoms with E-state index in [4.69, 9.17) is 0 Å². The van der Waals surface area contributed by atoms with Gasteiger partial charge in [-0.05, 0) is 13.3 Å². The Balaban J connectivity index is 3.37. The van der Waals surface area contributed by atoms with Gasteiger partial charge < -0.3 is 0 Å². The second-order valence-corrected chi connectivity index (χ2v) is 2.90. The molecule has 0 heterocycles. The van der Waals surface area contributed by atoms with E-state index in [9.17, 15) is 4.79 Å². The SMILES string of the molecule is CC#CCCCC(=O)C(C)C. The molecule has 0 radical (unpaired) electrons. The highest BCUT2D eigenvalue weighted by atomic mass is 16.1. The first kappa shape index (κ1) is 10.2. The number of Topliss-reactive ketones (excluding diaryl/α,β-unsaturated/α-hetero) is 1. The van der Waals surface area contributed by atoms with E-state index >= 15 is 0 Å². The molecule has 0 aromatic carbocycles. The highest BCUT2D eigenvalue weighted by Crippen LogP contribution is 2.03. The number of rotatable bonds is 4.